The third-order valence-electron chi connectivity index (χ3n) is 10.6. The molecule has 0 saturated carbocycles. The number of aliphatic hydroxyl groups is 4. The van der Waals surface area contributed by atoms with Gasteiger partial charge in [-0.05, 0) is 135 Å². The van der Waals surface area contributed by atoms with Crippen LogP contribution in [0.2, 0.25) is 0 Å². The van der Waals surface area contributed by atoms with Crippen LogP contribution in [0.3, 0.4) is 0 Å². The van der Waals surface area contributed by atoms with E-state index < -0.39 is 24.4 Å². The molecule has 4 nitrogen and oxygen atoms in total. The van der Waals surface area contributed by atoms with Crippen LogP contribution in [0.1, 0.15) is 68.9 Å². The van der Waals surface area contributed by atoms with Crippen LogP contribution in [0, 0.1) is 0 Å². The van der Waals surface area contributed by atoms with E-state index in [0.717, 1.165) is 87.6 Å². The van der Waals surface area contributed by atoms with Gasteiger partial charge in [0.15, 0.2) is 0 Å². The van der Waals surface area contributed by atoms with Crippen molar-refractivity contribution < 1.29 is 20.4 Å². The summed E-state index contributed by atoms with van der Waals surface area (Å²) in [4.78, 5) is 0. The van der Waals surface area contributed by atoms with Crippen molar-refractivity contribution in [3.63, 3.8) is 0 Å². The minimum absolute atomic E-state index is 0.709. The van der Waals surface area contributed by atoms with Crippen molar-refractivity contribution in [3.8, 4) is 11.1 Å². The quantitative estimate of drug-likeness (QED) is 0.158. The molecule has 0 bridgehead atoms. The molecule has 0 saturated heterocycles. The average molecular weight is 623 g/mol. The zero-order valence-corrected chi connectivity index (χ0v) is 25.8. The van der Waals surface area contributed by atoms with E-state index in [1.807, 2.05) is 121 Å². The van der Waals surface area contributed by atoms with E-state index in [0.29, 0.717) is 11.1 Å². The summed E-state index contributed by atoms with van der Waals surface area (Å²) in [5, 5.41) is 55.1. The van der Waals surface area contributed by atoms with Crippen molar-refractivity contribution in [2.24, 2.45) is 0 Å². The second-order valence-corrected chi connectivity index (χ2v) is 13.3. The highest BCUT2D eigenvalue weighted by Gasteiger charge is 2.36. The van der Waals surface area contributed by atoms with Gasteiger partial charge in [0.1, 0.15) is 24.4 Å². The molecule has 4 heteroatoms. The Morgan fingerprint density at radius 1 is 0.354 bits per heavy atom. The van der Waals surface area contributed by atoms with Crippen molar-refractivity contribution in [2.45, 2.75) is 24.4 Å². The Morgan fingerprint density at radius 3 is 1.17 bits per heavy atom. The molecule has 2 aliphatic carbocycles. The molecule has 0 fully saturated rings. The number of hydrogen-bond donors (Lipinski definition) is 4. The lowest BCUT2D eigenvalue weighted by Crippen LogP contribution is -2.17. The van der Waals surface area contributed by atoms with Crippen LogP contribution < -0.4 is 0 Å². The predicted molar refractivity (Wildman–Crippen MR) is 191 cm³/mol. The van der Waals surface area contributed by atoms with Crippen LogP contribution in [-0.4, -0.2) is 20.4 Å². The molecular weight excluding hydrogens is 592 g/mol. The van der Waals surface area contributed by atoms with Gasteiger partial charge >= 0.3 is 0 Å². The number of hydrogen-bond acceptors (Lipinski definition) is 4. The maximum absolute atomic E-state index is 12.0. The zero-order valence-electron chi connectivity index (χ0n) is 25.8. The summed E-state index contributed by atoms with van der Waals surface area (Å²) in [6.45, 7) is 0. The normalized spacial score (nSPS) is 17.4. The van der Waals surface area contributed by atoms with E-state index in [1.165, 1.54) is 0 Å². The van der Waals surface area contributed by atoms with Crippen LogP contribution in [0.4, 0.5) is 0 Å². The largest absolute Gasteiger partial charge is 0.384 e. The predicted octanol–water partition coefficient (Wildman–Crippen LogP) is 8.92. The number of fused-ring (bicyclic) bond motifs is 2. The zero-order chi connectivity index (χ0) is 32.3. The summed E-state index contributed by atoms with van der Waals surface area (Å²) in [6, 6.07) is 43.9. The van der Waals surface area contributed by atoms with E-state index in [-0.39, 0.29) is 0 Å². The number of aliphatic hydroxyl groups excluding tert-OH is 4. The number of benzene rings is 8. The molecule has 0 radical (unpaired) electrons. The van der Waals surface area contributed by atoms with Gasteiger partial charge in [-0.3, -0.25) is 0 Å². The molecule has 4 N–H and O–H groups in total. The topological polar surface area (TPSA) is 80.9 Å². The van der Waals surface area contributed by atoms with Crippen LogP contribution in [-0.2, 0) is 0 Å². The summed E-state index contributed by atoms with van der Waals surface area (Å²) < 4.78 is 0. The molecule has 0 spiro atoms. The third kappa shape index (κ3) is 3.86. The smallest absolute Gasteiger partial charge is 0.105 e. The molecule has 4 unspecified atom stereocenters. The van der Waals surface area contributed by atoms with Gasteiger partial charge in [0.2, 0.25) is 0 Å². The molecule has 230 valence electrons. The summed E-state index contributed by atoms with van der Waals surface area (Å²) in [7, 11) is 0. The van der Waals surface area contributed by atoms with Gasteiger partial charge < -0.3 is 20.4 Å². The summed E-state index contributed by atoms with van der Waals surface area (Å²) in [5.41, 5.74) is 7.87. The Bertz CT molecular complexity index is 2470. The summed E-state index contributed by atoms with van der Waals surface area (Å²) in [5.74, 6) is 0. The first-order chi connectivity index (χ1) is 23.4. The van der Waals surface area contributed by atoms with Gasteiger partial charge in [-0.25, -0.2) is 0 Å². The van der Waals surface area contributed by atoms with Gasteiger partial charge in [-0.1, -0.05) is 97.1 Å². The highest BCUT2D eigenvalue weighted by Crippen LogP contribution is 2.55. The van der Waals surface area contributed by atoms with Crippen molar-refractivity contribution >= 4 is 43.1 Å². The van der Waals surface area contributed by atoms with Crippen LogP contribution in [0.25, 0.3) is 54.2 Å². The second-order valence-electron chi connectivity index (χ2n) is 13.3. The van der Waals surface area contributed by atoms with E-state index in [2.05, 4.69) is 12.1 Å². The maximum atomic E-state index is 12.0. The van der Waals surface area contributed by atoms with Gasteiger partial charge in [-0.15, -0.1) is 0 Å². The van der Waals surface area contributed by atoms with E-state index in [4.69, 9.17) is 0 Å². The lowest BCUT2D eigenvalue weighted by atomic mass is 9.71. The Kier molecular flexibility index (Phi) is 5.82. The minimum atomic E-state index is -0.913. The van der Waals surface area contributed by atoms with Crippen LogP contribution >= 0.6 is 0 Å². The van der Waals surface area contributed by atoms with Gasteiger partial charge in [0, 0.05) is 0 Å². The van der Waals surface area contributed by atoms with Crippen molar-refractivity contribution in [2.75, 3.05) is 0 Å². The molecule has 8 aromatic carbocycles. The molecule has 10 rings (SSSR count). The van der Waals surface area contributed by atoms with Gasteiger partial charge in [0.05, 0.1) is 0 Å². The fraction of sp³-hybridized carbons (Fsp3) is 0.0909. The van der Waals surface area contributed by atoms with Crippen LogP contribution in [0.5, 0.6) is 0 Å². The Hall–Kier alpha value is -5.36. The molecular formula is C44H30O4. The first-order valence-electron chi connectivity index (χ1n) is 16.4. The van der Waals surface area contributed by atoms with E-state index in [1.54, 1.807) is 0 Å². The minimum Gasteiger partial charge on any atom is -0.384 e. The summed E-state index contributed by atoms with van der Waals surface area (Å²) >= 11 is 0. The molecule has 8 aromatic rings. The van der Waals surface area contributed by atoms with Gasteiger partial charge in [0.25, 0.3) is 0 Å². The van der Waals surface area contributed by atoms with Crippen molar-refractivity contribution in [1.29, 1.82) is 0 Å². The Morgan fingerprint density at radius 2 is 0.729 bits per heavy atom. The SMILES string of the molecule is OC(c1ccc2ccccc2c1)c1cc2c3c4c(ccc3c1)C(O)c1cc(C(O)c3ccc5ccccc5c3)cc3ccc(c-4c13)C2O. The van der Waals surface area contributed by atoms with Crippen LogP contribution in [0.15, 0.2) is 133 Å². The van der Waals surface area contributed by atoms with Crippen molar-refractivity contribution in [3.05, 3.63) is 178 Å². The first-order valence-corrected chi connectivity index (χ1v) is 16.4. The Balaban J connectivity index is 1.13. The number of rotatable bonds is 4. The first kappa shape index (κ1) is 27.7. The highest BCUT2D eigenvalue weighted by molar-refractivity contribution is 6.14. The molecule has 0 heterocycles. The van der Waals surface area contributed by atoms with E-state index in [9.17, 15) is 20.4 Å². The molecule has 2 aliphatic rings. The fourth-order valence-corrected chi connectivity index (χ4v) is 8.30. The molecule has 4 atom stereocenters. The average Bonchev–Trinajstić information content (AvgIpc) is 3.14. The summed E-state index contributed by atoms with van der Waals surface area (Å²) in [6.07, 6.45) is -3.57. The fourth-order valence-electron chi connectivity index (χ4n) is 8.30. The lowest BCUT2D eigenvalue weighted by molar-refractivity contribution is 0.211. The Labute approximate surface area is 276 Å². The van der Waals surface area contributed by atoms with Crippen molar-refractivity contribution in [1.82, 2.24) is 0 Å². The second kappa shape index (κ2) is 10.1. The van der Waals surface area contributed by atoms with Gasteiger partial charge in [-0.2, -0.15) is 0 Å². The third-order valence-corrected chi connectivity index (χ3v) is 10.6. The molecule has 48 heavy (non-hydrogen) atoms. The molecule has 0 aromatic heterocycles. The maximum Gasteiger partial charge on any atom is 0.105 e. The molecule has 0 aliphatic heterocycles. The molecule has 0 amide bonds. The monoisotopic (exact) mass is 622 g/mol. The standard InChI is InChI=1S/C44H30O4/c45-41(29-11-9-23-5-1-3-7-25(23)17-29)31-19-27-13-15-34-39-37(27)35(21-31)43(47)33-16-14-28-20-32(22-36(44(34)48)38(28)40(33)39)42(46)30-12-10-24-6-2-4-8-26(24)18-30/h1-22,41-48H. The highest BCUT2D eigenvalue weighted by atomic mass is 16.3. The lowest BCUT2D eigenvalue weighted by Gasteiger charge is -2.35. The van der Waals surface area contributed by atoms with E-state index >= 15 is 0 Å².